The molecule has 3 aromatic rings. The molecule has 0 aliphatic heterocycles. The number of aromatic amines is 1. The van der Waals surface area contributed by atoms with Crippen molar-refractivity contribution in [3.05, 3.63) is 58.1 Å². The fourth-order valence-corrected chi connectivity index (χ4v) is 2.78. The molecule has 0 fully saturated rings. The fraction of sp³-hybridized carbons (Fsp3) is 0.125. The third kappa shape index (κ3) is 2.36. The third-order valence-electron chi connectivity index (χ3n) is 3.33. The van der Waals surface area contributed by atoms with Gasteiger partial charge in [0, 0.05) is 21.6 Å². The second kappa shape index (κ2) is 4.92. The first kappa shape index (κ1) is 12.6. The average molecular weight is 290 g/mol. The van der Waals surface area contributed by atoms with Crippen molar-refractivity contribution in [1.82, 2.24) is 4.98 Å². The molecule has 0 atom stereocenters. The number of H-pyrrole nitrogens is 1. The van der Waals surface area contributed by atoms with Crippen LogP contribution in [0.3, 0.4) is 0 Å². The van der Waals surface area contributed by atoms with Crippen molar-refractivity contribution < 1.29 is 0 Å². The van der Waals surface area contributed by atoms with Gasteiger partial charge in [-0.25, -0.2) is 0 Å². The lowest BCUT2D eigenvalue weighted by molar-refractivity contribution is 1.14. The molecular formula is C16H13Cl2N. The highest BCUT2D eigenvalue weighted by Gasteiger charge is 2.07. The van der Waals surface area contributed by atoms with Gasteiger partial charge in [0.05, 0.1) is 5.02 Å². The number of nitrogens with one attached hydrogen (secondary N) is 1. The number of aryl methyl sites for hydroxylation is 1. The molecule has 1 aromatic heterocycles. The molecule has 0 saturated carbocycles. The van der Waals surface area contributed by atoms with Gasteiger partial charge >= 0.3 is 0 Å². The van der Waals surface area contributed by atoms with Crippen LogP contribution in [0.25, 0.3) is 22.2 Å². The summed E-state index contributed by atoms with van der Waals surface area (Å²) in [6, 6.07) is 14.3. The molecule has 0 aliphatic rings. The van der Waals surface area contributed by atoms with Crippen molar-refractivity contribution in [2.45, 2.75) is 13.3 Å². The van der Waals surface area contributed by atoms with E-state index in [0.717, 1.165) is 28.6 Å². The molecule has 0 bridgehead atoms. The summed E-state index contributed by atoms with van der Waals surface area (Å²) < 4.78 is 0. The molecule has 0 saturated heterocycles. The predicted octanol–water partition coefficient (Wildman–Crippen LogP) is 5.70. The molecule has 96 valence electrons. The summed E-state index contributed by atoms with van der Waals surface area (Å²) in [7, 11) is 0. The second-order valence-corrected chi connectivity index (χ2v) is 5.43. The molecule has 3 heteroatoms. The molecule has 0 amide bonds. The predicted molar refractivity (Wildman–Crippen MR) is 83.1 cm³/mol. The van der Waals surface area contributed by atoms with Crippen molar-refractivity contribution in [3.8, 4) is 11.3 Å². The smallest absolute Gasteiger partial charge is 0.0514 e. The zero-order valence-electron chi connectivity index (χ0n) is 10.5. The van der Waals surface area contributed by atoms with Gasteiger partial charge in [-0.3, -0.25) is 0 Å². The molecule has 2 aromatic carbocycles. The van der Waals surface area contributed by atoms with Crippen molar-refractivity contribution in [1.29, 1.82) is 0 Å². The van der Waals surface area contributed by atoms with E-state index in [0.29, 0.717) is 10.0 Å². The molecule has 1 N–H and O–H groups in total. The van der Waals surface area contributed by atoms with E-state index in [1.54, 1.807) is 6.07 Å². The normalized spacial score (nSPS) is 11.1. The molecule has 0 spiro atoms. The molecule has 0 unspecified atom stereocenters. The Morgan fingerprint density at radius 2 is 1.74 bits per heavy atom. The summed E-state index contributed by atoms with van der Waals surface area (Å²) >= 11 is 12.2. The first-order valence-corrected chi connectivity index (χ1v) is 7.00. The standard InChI is InChI=1S/C16H13Cl2N/c1-2-10-3-5-11(6-4-10)15-9-13-14(18)7-12(17)8-16(13)19-15/h3-9,19H,2H2,1H3. The van der Waals surface area contributed by atoms with E-state index in [4.69, 9.17) is 23.2 Å². The number of halogens is 2. The summed E-state index contributed by atoms with van der Waals surface area (Å²) in [5, 5.41) is 2.32. The summed E-state index contributed by atoms with van der Waals surface area (Å²) in [6.45, 7) is 2.15. The zero-order valence-corrected chi connectivity index (χ0v) is 12.0. The zero-order chi connectivity index (χ0) is 13.4. The van der Waals surface area contributed by atoms with E-state index >= 15 is 0 Å². The van der Waals surface area contributed by atoms with Crippen LogP contribution >= 0.6 is 23.2 Å². The molecule has 1 heterocycles. The summed E-state index contributed by atoms with van der Waals surface area (Å²) in [5.41, 5.74) is 4.51. The van der Waals surface area contributed by atoms with Crippen LogP contribution in [-0.4, -0.2) is 4.98 Å². The maximum Gasteiger partial charge on any atom is 0.0514 e. The molecule has 3 rings (SSSR count). The SMILES string of the molecule is CCc1ccc(-c2cc3c(Cl)cc(Cl)cc3[nH]2)cc1. The average Bonchev–Trinajstić information content (AvgIpc) is 2.83. The summed E-state index contributed by atoms with van der Waals surface area (Å²) in [6.07, 6.45) is 1.05. The minimum atomic E-state index is 0.646. The van der Waals surface area contributed by atoms with Gasteiger partial charge in [0.1, 0.15) is 0 Å². The highest BCUT2D eigenvalue weighted by molar-refractivity contribution is 6.38. The van der Waals surface area contributed by atoms with E-state index in [9.17, 15) is 0 Å². The van der Waals surface area contributed by atoms with E-state index in [1.807, 2.05) is 6.07 Å². The Kier molecular flexibility index (Phi) is 3.26. The minimum absolute atomic E-state index is 0.646. The van der Waals surface area contributed by atoms with Crippen LogP contribution in [0.1, 0.15) is 12.5 Å². The molecule has 0 radical (unpaired) electrons. The Bertz CT molecular complexity index is 726. The van der Waals surface area contributed by atoms with Crippen molar-refractivity contribution >= 4 is 34.1 Å². The number of hydrogen-bond acceptors (Lipinski definition) is 0. The fourth-order valence-electron chi connectivity index (χ4n) is 2.24. The van der Waals surface area contributed by atoms with E-state index in [2.05, 4.69) is 42.2 Å². The molecule has 19 heavy (non-hydrogen) atoms. The van der Waals surface area contributed by atoms with Gasteiger partial charge < -0.3 is 4.98 Å². The summed E-state index contributed by atoms with van der Waals surface area (Å²) in [4.78, 5) is 3.36. The number of fused-ring (bicyclic) bond motifs is 1. The van der Waals surface area contributed by atoms with Gasteiger partial charge in [0.15, 0.2) is 0 Å². The number of benzene rings is 2. The van der Waals surface area contributed by atoms with Crippen LogP contribution in [0.5, 0.6) is 0 Å². The quantitative estimate of drug-likeness (QED) is 0.622. The first-order chi connectivity index (χ1) is 9.17. The van der Waals surface area contributed by atoms with Crippen LogP contribution in [-0.2, 0) is 6.42 Å². The molecule has 0 aliphatic carbocycles. The lowest BCUT2D eigenvalue weighted by Crippen LogP contribution is -1.81. The highest BCUT2D eigenvalue weighted by Crippen LogP contribution is 2.31. The number of hydrogen-bond donors (Lipinski definition) is 1. The van der Waals surface area contributed by atoms with Crippen LogP contribution in [0.2, 0.25) is 10.0 Å². The van der Waals surface area contributed by atoms with E-state index in [-0.39, 0.29) is 0 Å². The Morgan fingerprint density at radius 3 is 2.42 bits per heavy atom. The van der Waals surface area contributed by atoms with Gasteiger partial charge in [0.2, 0.25) is 0 Å². The van der Waals surface area contributed by atoms with Gasteiger partial charge in [-0.15, -0.1) is 0 Å². The second-order valence-electron chi connectivity index (χ2n) is 4.58. The van der Waals surface area contributed by atoms with E-state index < -0.39 is 0 Å². The maximum atomic E-state index is 6.21. The van der Waals surface area contributed by atoms with Crippen LogP contribution in [0.4, 0.5) is 0 Å². The Hall–Kier alpha value is -1.44. The van der Waals surface area contributed by atoms with Crippen molar-refractivity contribution in [3.63, 3.8) is 0 Å². The van der Waals surface area contributed by atoms with Gasteiger partial charge in [-0.2, -0.15) is 0 Å². The van der Waals surface area contributed by atoms with Crippen LogP contribution in [0.15, 0.2) is 42.5 Å². The Morgan fingerprint density at radius 1 is 1.00 bits per heavy atom. The Labute approximate surface area is 122 Å². The monoisotopic (exact) mass is 289 g/mol. The van der Waals surface area contributed by atoms with Crippen LogP contribution in [0, 0.1) is 0 Å². The topological polar surface area (TPSA) is 15.8 Å². The largest absolute Gasteiger partial charge is 0.354 e. The molecule has 1 nitrogen and oxygen atoms in total. The van der Waals surface area contributed by atoms with E-state index in [1.165, 1.54) is 5.56 Å². The number of rotatable bonds is 2. The van der Waals surface area contributed by atoms with Gasteiger partial charge in [-0.1, -0.05) is 54.4 Å². The van der Waals surface area contributed by atoms with Crippen LogP contribution < -0.4 is 0 Å². The van der Waals surface area contributed by atoms with Crippen molar-refractivity contribution in [2.75, 3.05) is 0 Å². The van der Waals surface area contributed by atoms with Crippen molar-refractivity contribution in [2.24, 2.45) is 0 Å². The van der Waals surface area contributed by atoms with Gasteiger partial charge in [-0.05, 0) is 35.7 Å². The maximum absolute atomic E-state index is 6.21. The summed E-state index contributed by atoms with van der Waals surface area (Å²) in [5.74, 6) is 0. The first-order valence-electron chi connectivity index (χ1n) is 6.24. The molecular weight excluding hydrogens is 277 g/mol. The van der Waals surface area contributed by atoms with Gasteiger partial charge in [0.25, 0.3) is 0 Å². The number of aromatic nitrogens is 1. The Balaban J connectivity index is 2.12. The lowest BCUT2D eigenvalue weighted by atomic mass is 10.1. The minimum Gasteiger partial charge on any atom is -0.354 e. The third-order valence-corrected chi connectivity index (χ3v) is 3.86. The lowest BCUT2D eigenvalue weighted by Gasteiger charge is -1.99. The highest BCUT2D eigenvalue weighted by atomic mass is 35.5.